The number of amides is 2. The quantitative estimate of drug-likeness (QED) is 0.361. The van der Waals surface area contributed by atoms with E-state index in [0.717, 1.165) is 4.47 Å². The molecule has 35 heavy (non-hydrogen) atoms. The molecule has 3 aromatic carbocycles. The summed E-state index contributed by atoms with van der Waals surface area (Å²) in [6.07, 6.45) is 1.51. The SMILES string of the molecule is COc1ccc(C(=O)N/C(=C/c2ccc(Br)cc2)C(=O)Nc2ccc(S(N)(=O)=O)cc2)cc1OC. The van der Waals surface area contributed by atoms with E-state index in [-0.39, 0.29) is 16.2 Å². The Kier molecular flexibility index (Phi) is 8.28. The number of ether oxygens (including phenoxy) is 2. The van der Waals surface area contributed by atoms with Crippen LogP contribution < -0.4 is 25.2 Å². The van der Waals surface area contributed by atoms with Gasteiger partial charge in [-0.2, -0.15) is 0 Å². The summed E-state index contributed by atoms with van der Waals surface area (Å²) in [4.78, 5) is 25.9. The molecule has 0 spiro atoms. The van der Waals surface area contributed by atoms with Crippen LogP contribution in [0.2, 0.25) is 0 Å². The molecule has 0 atom stereocenters. The highest BCUT2D eigenvalue weighted by atomic mass is 79.9. The smallest absolute Gasteiger partial charge is 0.272 e. The van der Waals surface area contributed by atoms with Gasteiger partial charge >= 0.3 is 0 Å². The van der Waals surface area contributed by atoms with E-state index in [1.807, 2.05) is 0 Å². The number of rotatable bonds is 8. The maximum Gasteiger partial charge on any atom is 0.272 e. The Morgan fingerprint density at radius 3 is 2.11 bits per heavy atom. The van der Waals surface area contributed by atoms with E-state index in [4.69, 9.17) is 14.6 Å². The topological polar surface area (TPSA) is 137 Å². The van der Waals surface area contributed by atoms with Crippen molar-refractivity contribution >= 4 is 49.5 Å². The summed E-state index contributed by atoms with van der Waals surface area (Å²) in [5, 5.41) is 10.4. The second-order valence-corrected chi connectivity index (χ2v) is 9.63. The number of hydrogen-bond donors (Lipinski definition) is 3. The number of nitrogens with one attached hydrogen (secondary N) is 2. The Balaban J connectivity index is 1.90. The van der Waals surface area contributed by atoms with E-state index in [1.54, 1.807) is 30.3 Å². The lowest BCUT2D eigenvalue weighted by Gasteiger charge is -2.13. The molecule has 0 aliphatic rings. The summed E-state index contributed by atoms with van der Waals surface area (Å²) >= 11 is 3.36. The molecule has 0 heterocycles. The van der Waals surface area contributed by atoms with Gasteiger partial charge in [0.25, 0.3) is 11.8 Å². The number of sulfonamides is 1. The average molecular weight is 560 g/mol. The van der Waals surface area contributed by atoms with Crippen molar-refractivity contribution in [3.8, 4) is 11.5 Å². The fourth-order valence-electron chi connectivity index (χ4n) is 2.98. The number of nitrogens with two attached hydrogens (primary N) is 1. The van der Waals surface area contributed by atoms with Gasteiger partial charge in [-0.05, 0) is 66.2 Å². The van der Waals surface area contributed by atoms with E-state index in [0.29, 0.717) is 22.7 Å². The van der Waals surface area contributed by atoms with Crippen LogP contribution in [0.4, 0.5) is 5.69 Å². The zero-order valence-corrected chi connectivity index (χ0v) is 21.1. The standard InChI is InChI=1S/C24H22BrN3O6S/c1-33-21-12-5-16(14-22(21)34-2)23(29)28-20(13-15-3-6-17(25)7-4-15)24(30)27-18-8-10-19(11-9-18)35(26,31)32/h3-14H,1-2H3,(H,27,30)(H,28,29)(H2,26,31,32)/b20-13+. The Labute approximate surface area is 211 Å². The summed E-state index contributed by atoms with van der Waals surface area (Å²) < 4.78 is 34.2. The number of primary sulfonamides is 1. The maximum absolute atomic E-state index is 13.1. The molecule has 0 aliphatic carbocycles. The maximum atomic E-state index is 13.1. The van der Waals surface area contributed by atoms with Crippen LogP contribution >= 0.6 is 15.9 Å². The molecule has 0 saturated carbocycles. The van der Waals surface area contributed by atoms with Crippen LogP contribution in [0.15, 0.2) is 81.8 Å². The normalized spacial score (nSPS) is 11.5. The molecule has 3 rings (SSSR count). The Morgan fingerprint density at radius 1 is 0.914 bits per heavy atom. The molecule has 4 N–H and O–H groups in total. The monoisotopic (exact) mass is 559 g/mol. The molecule has 2 amide bonds. The van der Waals surface area contributed by atoms with Gasteiger partial charge in [0.2, 0.25) is 10.0 Å². The minimum atomic E-state index is -3.87. The average Bonchev–Trinajstić information content (AvgIpc) is 2.84. The predicted octanol–water partition coefficient (Wildman–Crippen LogP) is 3.52. The molecule has 3 aromatic rings. The molecule has 0 aromatic heterocycles. The van der Waals surface area contributed by atoms with Gasteiger partial charge in [0.1, 0.15) is 5.70 Å². The third-order valence-electron chi connectivity index (χ3n) is 4.76. The molecular formula is C24H22BrN3O6S. The lowest BCUT2D eigenvalue weighted by atomic mass is 10.1. The Bertz CT molecular complexity index is 1370. The molecule has 0 fully saturated rings. The largest absolute Gasteiger partial charge is 0.493 e. The molecule has 9 nitrogen and oxygen atoms in total. The van der Waals surface area contributed by atoms with E-state index in [9.17, 15) is 18.0 Å². The van der Waals surface area contributed by atoms with Gasteiger partial charge in [-0.15, -0.1) is 0 Å². The van der Waals surface area contributed by atoms with Crippen LogP contribution in [0.25, 0.3) is 6.08 Å². The number of halogens is 1. The molecule has 182 valence electrons. The third-order valence-corrected chi connectivity index (χ3v) is 6.22. The van der Waals surface area contributed by atoms with Crippen molar-refractivity contribution in [1.29, 1.82) is 0 Å². The zero-order valence-electron chi connectivity index (χ0n) is 18.7. The molecule has 0 unspecified atom stereocenters. The van der Waals surface area contributed by atoms with Crippen molar-refractivity contribution < 1.29 is 27.5 Å². The molecule has 0 bridgehead atoms. The molecule has 0 aliphatic heterocycles. The van der Waals surface area contributed by atoms with Gasteiger partial charge in [-0.1, -0.05) is 28.1 Å². The number of carbonyl (C=O) groups is 2. The van der Waals surface area contributed by atoms with E-state index in [2.05, 4.69) is 26.6 Å². The molecular weight excluding hydrogens is 538 g/mol. The first kappa shape index (κ1) is 25.9. The summed E-state index contributed by atoms with van der Waals surface area (Å²) in [5.74, 6) is -0.354. The Morgan fingerprint density at radius 2 is 1.54 bits per heavy atom. The van der Waals surface area contributed by atoms with E-state index in [1.165, 1.54) is 56.7 Å². The van der Waals surface area contributed by atoms with Crippen molar-refractivity contribution in [2.45, 2.75) is 4.90 Å². The second kappa shape index (κ2) is 11.2. The van der Waals surface area contributed by atoms with Gasteiger partial charge in [0.15, 0.2) is 11.5 Å². The van der Waals surface area contributed by atoms with Gasteiger partial charge in [-0.3, -0.25) is 9.59 Å². The molecule has 0 radical (unpaired) electrons. The first-order valence-electron chi connectivity index (χ1n) is 10.1. The minimum absolute atomic E-state index is 0.0392. The van der Waals surface area contributed by atoms with Crippen molar-refractivity contribution in [3.05, 3.63) is 88.0 Å². The van der Waals surface area contributed by atoms with Crippen molar-refractivity contribution in [2.24, 2.45) is 5.14 Å². The minimum Gasteiger partial charge on any atom is -0.493 e. The summed E-state index contributed by atoms with van der Waals surface area (Å²) in [6.45, 7) is 0. The van der Waals surface area contributed by atoms with Gasteiger partial charge < -0.3 is 20.1 Å². The van der Waals surface area contributed by atoms with Crippen LogP contribution in [-0.4, -0.2) is 34.5 Å². The second-order valence-electron chi connectivity index (χ2n) is 7.16. The number of methoxy groups -OCH3 is 2. The number of anilines is 1. The predicted molar refractivity (Wildman–Crippen MR) is 136 cm³/mol. The third kappa shape index (κ3) is 6.92. The van der Waals surface area contributed by atoms with Crippen molar-refractivity contribution in [2.75, 3.05) is 19.5 Å². The van der Waals surface area contributed by atoms with Gasteiger partial charge in [0, 0.05) is 15.7 Å². The number of benzene rings is 3. The summed E-state index contributed by atoms with van der Waals surface area (Å²) in [6, 6.07) is 17.1. The van der Waals surface area contributed by atoms with Gasteiger partial charge in [-0.25, -0.2) is 13.6 Å². The highest BCUT2D eigenvalue weighted by Gasteiger charge is 2.17. The van der Waals surface area contributed by atoms with Crippen LogP contribution in [0, 0.1) is 0 Å². The zero-order chi connectivity index (χ0) is 25.6. The summed E-state index contributed by atoms with van der Waals surface area (Å²) in [7, 11) is -0.936. The Hall–Kier alpha value is -3.67. The molecule has 0 saturated heterocycles. The van der Waals surface area contributed by atoms with Crippen LogP contribution in [0.3, 0.4) is 0 Å². The molecule has 11 heteroatoms. The van der Waals surface area contributed by atoms with Crippen molar-refractivity contribution in [3.63, 3.8) is 0 Å². The lowest BCUT2D eigenvalue weighted by molar-refractivity contribution is -0.113. The van der Waals surface area contributed by atoms with E-state index >= 15 is 0 Å². The number of carbonyl (C=O) groups excluding carboxylic acids is 2. The van der Waals surface area contributed by atoms with Crippen LogP contribution in [0.5, 0.6) is 11.5 Å². The first-order valence-corrected chi connectivity index (χ1v) is 12.4. The fraction of sp³-hybridized carbons (Fsp3) is 0.0833. The van der Waals surface area contributed by atoms with Crippen LogP contribution in [0.1, 0.15) is 15.9 Å². The van der Waals surface area contributed by atoms with Crippen LogP contribution in [-0.2, 0) is 14.8 Å². The van der Waals surface area contributed by atoms with Gasteiger partial charge in [0.05, 0.1) is 19.1 Å². The lowest BCUT2D eigenvalue weighted by Crippen LogP contribution is -2.30. The highest BCUT2D eigenvalue weighted by Crippen LogP contribution is 2.27. The fourth-order valence-corrected chi connectivity index (χ4v) is 3.76. The van der Waals surface area contributed by atoms with E-state index < -0.39 is 21.8 Å². The summed E-state index contributed by atoms with van der Waals surface area (Å²) in [5.41, 5.74) is 1.18. The number of hydrogen-bond acceptors (Lipinski definition) is 6. The first-order chi connectivity index (χ1) is 16.6. The highest BCUT2D eigenvalue weighted by molar-refractivity contribution is 9.10. The van der Waals surface area contributed by atoms with Crippen molar-refractivity contribution in [1.82, 2.24) is 5.32 Å².